The molecule has 0 radical (unpaired) electrons. The van der Waals surface area contributed by atoms with E-state index in [0.29, 0.717) is 23.7 Å². The number of thiophene rings is 1. The Balaban J connectivity index is 1.52. The summed E-state index contributed by atoms with van der Waals surface area (Å²) >= 11 is 1.38. The Morgan fingerprint density at radius 3 is 2.48 bits per heavy atom. The summed E-state index contributed by atoms with van der Waals surface area (Å²) in [6.45, 7) is 3.05. The molecule has 2 aromatic heterocycles. The van der Waals surface area contributed by atoms with Crippen LogP contribution in [0.1, 0.15) is 28.2 Å². The normalized spacial score (nSPS) is 15.5. The molecule has 1 saturated heterocycles. The lowest BCUT2D eigenvalue weighted by Gasteiger charge is -2.15. The van der Waals surface area contributed by atoms with Crippen molar-refractivity contribution in [2.75, 3.05) is 18.4 Å². The molecule has 0 atom stereocenters. The van der Waals surface area contributed by atoms with Crippen molar-refractivity contribution in [1.29, 1.82) is 0 Å². The van der Waals surface area contributed by atoms with Crippen LogP contribution >= 0.6 is 11.3 Å². The van der Waals surface area contributed by atoms with Gasteiger partial charge in [-0.15, -0.1) is 11.3 Å². The summed E-state index contributed by atoms with van der Waals surface area (Å²) in [4.78, 5) is 14.3. The maximum atomic E-state index is 12.6. The van der Waals surface area contributed by atoms with Gasteiger partial charge in [-0.05, 0) is 50.1 Å². The number of fused-ring (bicyclic) bond motifs is 1. The Hall–Kier alpha value is -2.23. The molecule has 0 aliphatic carbocycles. The van der Waals surface area contributed by atoms with E-state index in [0.717, 1.165) is 28.8 Å². The number of sulfonamides is 1. The molecule has 3 aromatic rings. The van der Waals surface area contributed by atoms with Gasteiger partial charge < -0.3 is 5.32 Å². The lowest BCUT2D eigenvalue weighted by atomic mass is 10.3. The SMILES string of the molecule is Cc1nn(C)c2sc(C(=O)Nc3ccc(S(=O)(=O)N4CCCC4)cc3)cc12. The molecule has 0 saturated carbocycles. The summed E-state index contributed by atoms with van der Waals surface area (Å²) in [5.74, 6) is -0.217. The second-order valence-electron chi connectivity index (χ2n) is 6.63. The number of nitrogens with one attached hydrogen (secondary N) is 1. The Bertz CT molecular complexity index is 1070. The van der Waals surface area contributed by atoms with E-state index in [1.54, 1.807) is 28.9 Å². The summed E-state index contributed by atoms with van der Waals surface area (Å²) < 4.78 is 28.4. The van der Waals surface area contributed by atoms with E-state index < -0.39 is 10.0 Å². The number of nitrogens with zero attached hydrogens (tertiary/aromatic N) is 3. The van der Waals surface area contributed by atoms with Gasteiger partial charge in [-0.25, -0.2) is 8.42 Å². The third-order valence-electron chi connectivity index (χ3n) is 4.73. The monoisotopic (exact) mass is 404 g/mol. The van der Waals surface area contributed by atoms with E-state index in [9.17, 15) is 13.2 Å². The van der Waals surface area contributed by atoms with Crippen LogP contribution in [0.2, 0.25) is 0 Å². The molecule has 142 valence electrons. The lowest BCUT2D eigenvalue weighted by molar-refractivity contribution is 0.103. The summed E-state index contributed by atoms with van der Waals surface area (Å²) in [6, 6.07) is 8.18. The van der Waals surface area contributed by atoms with Gasteiger partial charge in [0.1, 0.15) is 4.83 Å². The Morgan fingerprint density at radius 1 is 1.19 bits per heavy atom. The van der Waals surface area contributed by atoms with Gasteiger partial charge in [-0.2, -0.15) is 9.40 Å². The first-order valence-electron chi connectivity index (χ1n) is 8.71. The summed E-state index contributed by atoms with van der Waals surface area (Å²) in [6.07, 6.45) is 1.80. The highest BCUT2D eigenvalue weighted by molar-refractivity contribution is 7.89. The fraction of sp³-hybridized carbons (Fsp3) is 0.333. The molecule has 0 unspecified atom stereocenters. The molecule has 7 nitrogen and oxygen atoms in total. The van der Waals surface area contributed by atoms with E-state index in [4.69, 9.17) is 0 Å². The zero-order chi connectivity index (χ0) is 19.2. The first-order chi connectivity index (χ1) is 12.9. The Kier molecular flexibility index (Phi) is 4.53. The van der Waals surface area contributed by atoms with Crippen LogP contribution in [0, 0.1) is 6.92 Å². The topological polar surface area (TPSA) is 84.3 Å². The molecule has 1 amide bonds. The van der Waals surface area contributed by atoms with Crippen molar-refractivity contribution < 1.29 is 13.2 Å². The first kappa shape index (κ1) is 18.1. The third-order valence-corrected chi connectivity index (χ3v) is 7.85. The average Bonchev–Trinajstić information content (AvgIpc) is 3.36. The van der Waals surface area contributed by atoms with Gasteiger partial charge >= 0.3 is 0 Å². The second-order valence-corrected chi connectivity index (χ2v) is 9.60. The van der Waals surface area contributed by atoms with Gasteiger partial charge in [0.05, 0.1) is 15.5 Å². The number of carbonyl (C=O) groups is 1. The number of anilines is 1. The van der Waals surface area contributed by atoms with Crippen LogP contribution < -0.4 is 5.32 Å². The number of aromatic nitrogens is 2. The number of hydrogen-bond acceptors (Lipinski definition) is 5. The van der Waals surface area contributed by atoms with E-state index in [-0.39, 0.29) is 10.8 Å². The maximum Gasteiger partial charge on any atom is 0.265 e. The molecule has 9 heteroatoms. The van der Waals surface area contributed by atoms with Crippen molar-refractivity contribution >= 4 is 43.2 Å². The minimum absolute atomic E-state index is 0.217. The third kappa shape index (κ3) is 3.26. The quantitative estimate of drug-likeness (QED) is 0.724. The second kappa shape index (κ2) is 6.74. The smallest absolute Gasteiger partial charge is 0.265 e. The predicted molar refractivity (Wildman–Crippen MR) is 106 cm³/mol. The molecule has 3 heterocycles. The number of carbonyl (C=O) groups excluding carboxylic acids is 1. The molecule has 1 aliphatic rings. The van der Waals surface area contributed by atoms with Crippen molar-refractivity contribution in [3.05, 3.63) is 40.9 Å². The molecule has 27 heavy (non-hydrogen) atoms. The maximum absolute atomic E-state index is 12.6. The van der Waals surface area contributed by atoms with Crippen LogP contribution in [-0.2, 0) is 17.1 Å². The van der Waals surface area contributed by atoms with Gasteiger partial charge in [-0.3, -0.25) is 9.48 Å². The molecule has 4 rings (SSSR count). The van der Waals surface area contributed by atoms with Gasteiger partial charge in [0.2, 0.25) is 10.0 Å². The van der Waals surface area contributed by atoms with E-state index >= 15 is 0 Å². The zero-order valence-corrected chi connectivity index (χ0v) is 16.7. The fourth-order valence-electron chi connectivity index (χ4n) is 3.30. The number of benzene rings is 1. The number of hydrogen-bond donors (Lipinski definition) is 1. The Labute approximate surface area is 161 Å². The highest BCUT2D eigenvalue weighted by Crippen LogP contribution is 2.28. The van der Waals surface area contributed by atoms with Crippen LogP contribution in [-0.4, -0.2) is 41.5 Å². The molecule has 0 bridgehead atoms. The van der Waals surface area contributed by atoms with E-state index in [2.05, 4.69) is 10.4 Å². The average molecular weight is 405 g/mol. The van der Waals surface area contributed by atoms with Crippen molar-refractivity contribution in [2.45, 2.75) is 24.7 Å². The van der Waals surface area contributed by atoms with Crippen LogP contribution in [0.3, 0.4) is 0 Å². The zero-order valence-electron chi connectivity index (χ0n) is 15.1. The van der Waals surface area contributed by atoms with Crippen molar-refractivity contribution in [1.82, 2.24) is 14.1 Å². The summed E-state index contributed by atoms with van der Waals surface area (Å²) in [5.41, 5.74) is 1.45. The molecular formula is C18H20N4O3S2. The van der Waals surface area contributed by atoms with Gasteiger partial charge in [0.15, 0.2) is 0 Å². The molecule has 1 fully saturated rings. The van der Waals surface area contributed by atoms with Crippen LogP contribution in [0.15, 0.2) is 35.2 Å². The number of aryl methyl sites for hydroxylation is 2. The van der Waals surface area contributed by atoms with Gasteiger partial charge in [0.25, 0.3) is 5.91 Å². The van der Waals surface area contributed by atoms with Gasteiger partial charge in [-0.1, -0.05) is 0 Å². The lowest BCUT2D eigenvalue weighted by Crippen LogP contribution is -2.27. The largest absolute Gasteiger partial charge is 0.321 e. The van der Waals surface area contributed by atoms with E-state index in [1.807, 2.05) is 20.0 Å². The van der Waals surface area contributed by atoms with Crippen LogP contribution in [0.4, 0.5) is 5.69 Å². The molecule has 1 aliphatic heterocycles. The van der Waals surface area contributed by atoms with Crippen LogP contribution in [0.5, 0.6) is 0 Å². The van der Waals surface area contributed by atoms with Crippen molar-refractivity contribution in [2.24, 2.45) is 7.05 Å². The minimum atomic E-state index is -3.44. The minimum Gasteiger partial charge on any atom is -0.321 e. The van der Waals surface area contributed by atoms with Crippen LogP contribution in [0.25, 0.3) is 10.2 Å². The first-order valence-corrected chi connectivity index (χ1v) is 11.0. The molecule has 0 spiro atoms. The molecule has 1 aromatic carbocycles. The fourth-order valence-corrected chi connectivity index (χ4v) is 5.83. The predicted octanol–water partition coefficient (Wildman–Crippen LogP) is 2.98. The van der Waals surface area contributed by atoms with Crippen molar-refractivity contribution in [3.8, 4) is 0 Å². The van der Waals surface area contributed by atoms with E-state index in [1.165, 1.54) is 15.6 Å². The highest BCUT2D eigenvalue weighted by atomic mass is 32.2. The Morgan fingerprint density at radius 2 is 1.85 bits per heavy atom. The summed E-state index contributed by atoms with van der Waals surface area (Å²) in [5, 5.41) is 8.14. The molecule has 1 N–H and O–H groups in total. The molecular weight excluding hydrogens is 384 g/mol. The van der Waals surface area contributed by atoms with Crippen molar-refractivity contribution in [3.63, 3.8) is 0 Å². The van der Waals surface area contributed by atoms with Gasteiger partial charge in [0, 0.05) is 31.2 Å². The summed E-state index contributed by atoms with van der Waals surface area (Å²) in [7, 11) is -1.59. The highest BCUT2D eigenvalue weighted by Gasteiger charge is 2.27. The number of rotatable bonds is 4. The standard InChI is InChI=1S/C18H20N4O3S2/c1-12-15-11-16(26-18(15)21(2)20-12)17(23)19-13-5-7-14(8-6-13)27(24,25)22-9-3-4-10-22/h5-8,11H,3-4,9-10H2,1-2H3,(H,19,23). The number of amides is 1.